The van der Waals surface area contributed by atoms with E-state index in [9.17, 15) is 19.1 Å². The number of hydrogen-bond donors (Lipinski definition) is 3. The summed E-state index contributed by atoms with van der Waals surface area (Å²) in [5.41, 5.74) is 0.559. The monoisotopic (exact) mass is 433 g/mol. The van der Waals surface area contributed by atoms with E-state index < -0.39 is 23.0 Å². The molecule has 1 aromatic carbocycles. The summed E-state index contributed by atoms with van der Waals surface area (Å²) >= 11 is 0. The summed E-state index contributed by atoms with van der Waals surface area (Å²) in [6.07, 6.45) is 5.10. The number of halogens is 1. The molecule has 2 aliphatic rings. The van der Waals surface area contributed by atoms with Crippen molar-refractivity contribution in [3.63, 3.8) is 0 Å². The molecule has 1 aromatic heterocycles. The standard InChI is InChI=1S/C19H24FNO2.C4H4O4/c1-18(2)11-14-15(20)10-12-6-9-23-17(12)16(14)19(18,22)13-4-7-21(3)8-5-13;5-3(6)1-2-4(7)8/h6,9-10,13,22H,4-5,7-8,11H2,1-3H3;1-2H,(H,5,6)(H,7,8). The summed E-state index contributed by atoms with van der Waals surface area (Å²) in [4.78, 5) is 21.4. The molecule has 1 unspecified atom stereocenters. The third-order valence-corrected chi connectivity index (χ3v) is 6.50. The van der Waals surface area contributed by atoms with Crippen LogP contribution in [0.2, 0.25) is 0 Å². The van der Waals surface area contributed by atoms with Gasteiger partial charge in [0.25, 0.3) is 0 Å². The van der Waals surface area contributed by atoms with E-state index in [0.29, 0.717) is 35.3 Å². The summed E-state index contributed by atoms with van der Waals surface area (Å²) in [5, 5.41) is 28.2. The van der Waals surface area contributed by atoms with Crippen LogP contribution in [0.5, 0.6) is 0 Å². The Morgan fingerprint density at radius 1 is 1.19 bits per heavy atom. The minimum Gasteiger partial charge on any atom is -0.478 e. The third-order valence-electron chi connectivity index (χ3n) is 6.50. The fourth-order valence-electron chi connectivity index (χ4n) is 4.93. The molecule has 3 N–H and O–H groups in total. The number of nitrogens with zero attached hydrogens (tertiary/aromatic N) is 1. The van der Waals surface area contributed by atoms with Gasteiger partial charge in [-0.1, -0.05) is 13.8 Å². The Balaban J connectivity index is 0.000000293. The highest BCUT2D eigenvalue weighted by molar-refractivity contribution is 5.89. The molecular formula is C23H28FNO6. The average molecular weight is 433 g/mol. The second kappa shape index (κ2) is 8.43. The van der Waals surface area contributed by atoms with Crippen molar-refractivity contribution in [3.05, 3.63) is 47.5 Å². The Morgan fingerprint density at radius 2 is 1.77 bits per heavy atom. The highest BCUT2D eigenvalue weighted by Crippen LogP contribution is 2.58. The van der Waals surface area contributed by atoms with E-state index >= 15 is 0 Å². The molecule has 8 heteroatoms. The number of carboxylic acids is 2. The van der Waals surface area contributed by atoms with Crippen molar-refractivity contribution in [2.24, 2.45) is 11.3 Å². The molecule has 0 saturated carbocycles. The lowest BCUT2D eigenvalue weighted by Crippen LogP contribution is -2.49. The number of fused-ring (bicyclic) bond motifs is 3. The lowest BCUT2D eigenvalue weighted by Gasteiger charge is -2.46. The number of carbonyl (C=O) groups is 2. The molecule has 31 heavy (non-hydrogen) atoms. The lowest BCUT2D eigenvalue weighted by molar-refractivity contribution is -0.134. The molecule has 1 saturated heterocycles. The molecule has 1 aliphatic carbocycles. The second-order valence-corrected chi connectivity index (χ2v) is 8.97. The number of carboxylic acid groups (broad SMARTS) is 2. The highest BCUT2D eigenvalue weighted by Gasteiger charge is 2.57. The zero-order chi connectivity index (χ0) is 23.0. The minimum atomic E-state index is -1.26. The van der Waals surface area contributed by atoms with Crippen molar-refractivity contribution in [2.75, 3.05) is 20.1 Å². The molecule has 0 bridgehead atoms. The molecule has 1 fully saturated rings. The quantitative estimate of drug-likeness (QED) is 0.636. The van der Waals surface area contributed by atoms with Gasteiger partial charge < -0.3 is 24.6 Å². The first kappa shape index (κ1) is 23.0. The van der Waals surface area contributed by atoms with Crippen molar-refractivity contribution in [3.8, 4) is 0 Å². The fourth-order valence-corrected chi connectivity index (χ4v) is 4.93. The molecule has 0 spiro atoms. The average Bonchev–Trinajstić information content (AvgIpc) is 3.22. The third kappa shape index (κ3) is 4.22. The van der Waals surface area contributed by atoms with Crippen molar-refractivity contribution in [1.29, 1.82) is 0 Å². The van der Waals surface area contributed by atoms with Gasteiger partial charge in [0.15, 0.2) is 0 Å². The van der Waals surface area contributed by atoms with Crippen molar-refractivity contribution in [1.82, 2.24) is 4.90 Å². The van der Waals surface area contributed by atoms with E-state index in [1.54, 1.807) is 12.3 Å². The SMILES string of the molecule is CN1CCC(C2(O)c3c(c(F)cc4ccoc34)CC2(C)C)CC1.O=C(O)C=CC(=O)O. The molecule has 2 aromatic rings. The van der Waals surface area contributed by atoms with Gasteiger partial charge in [-0.2, -0.15) is 0 Å². The van der Waals surface area contributed by atoms with Crippen LogP contribution in [0.15, 0.2) is 35.0 Å². The van der Waals surface area contributed by atoms with Crippen LogP contribution in [0.25, 0.3) is 11.0 Å². The van der Waals surface area contributed by atoms with E-state index in [1.807, 2.05) is 0 Å². The molecule has 0 radical (unpaired) electrons. The molecule has 2 heterocycles. The second-order valence-electron chi connectivity index (χ2n) is 8.97. The Bertz CT molecular complexity index is 1000. The maximum Gasteiger partial charge on any atom is 0.328 e. The van der Waals surface area contributed by atoms with E-state index in [1.165, 1.54) is 6.07 Å². The van der Waals surface area contributed by atoms with Crippen molar-refractivity contribution >= 4 is 22.9 Å². The van der Waals surface area contributed by atoms with Gasteiger partial charge in [-0.25, -0.2) is 14.0 Å². The van der Waals surface area contributed by atoms with Gasteiger partial charge in [0, 0.05) is 28.5 Å². The Hall–Kier alpha value is -2.71. The number of aliphatic carboxylic acids is 2. The van der Waals surface area contributed by atoms with Crippen LogP contribution in [0, 0.1) is 17.2 Å². The van der Waals surface area contributed by atoms with Crippen molar-refractivity contribution in [2.45, 2.75) is 38.7 Å². The summed E-state index contributed by atoms with van der Waals surface area (Å²) in [7, 11) is 2.11. The van der Waals surface area contributed by atoms with Crippen LogP contribution in [0.3, 0.4) is 0 Å². The van der Waals surface area contributed by atoms with Crippen LogP contribution in [-0.4, -0.2) is 52.3 Å². The largest absolute Gasteiger partial charge is 0.478 e. The van der Waals surface area contributed by atoms with Crippen LogP contribution in [0.1, 0.15) is 37.8 Å². The normalized spacial score (nSPS) is 23.5. The first-order valence-electron chi connectivity index (χ1n) is 10.2. The summed E-state index contributed by atoms with van der Waals surface area (Å²) in [6, 6.07) is 3.31. The zero-order valence-electron chi connectivity index (χ0n) is 17.9. The lowest BCUT2D eigenvalue weighted by atomic mass is 9.65. The minimum absolute atomic E-state index is 0.130. The zero-order valence-corrected chi connectivity index (χ0v) is 17.9. The number of likely N-dealkylation sites (tertiary alicyclic amines) is 1. The van der Waals surface area contributed by atoms with Crippen LogP contribution in [-0.2, 0) is 21.6 Å². The molecule has 7 nitrogen and oxygen atoms in total. The first-order valence-corrected chi connectivity index (χ1v) is 10.2. The van der Waals surface area contributed by atoms with Gasteiger partial charge in [0.1, 0.15) is 17.0 Å². The fraction of sp³-hybridized carbons (Fsp3) is 0.478. The van der Waals surface area contributed by atoms with E-state index in [-0.39, 0.29) is 11.7 Å². The molecule has 168 valence electrons. The highest BCUT2D eigenvalue weighted by atomic mass is 19.1. The maximum atomic E-state index is 14.7. The van der Waals surface area contributed by atoms with Crippen LogP contribution in [0.4, 0.5) is 4.39 Å². The van der Waals surface area contributed by atoms with E-state index in [4.69, 9.17) is 14.6 Å². The molecule has 1 aliphatic heterocycles. The summed E-state index contributed by atoms with van der Waals surface area (Å²) in [6.45, 7) is 6.04. The smallest absolute Gasteiger partial charge is 0.328 e. The van der Waals surface area contributed by atoms with Gasteiger partial charge in [-0.05, 0) is 63.0 Å². The molecule has 1 atom stereocenters. The number of piperidine rings is 1. The van der Waals surface area contributed by atoms with Crippen LogP contribution < -0.4 is 0 Å². The number of furan rings is 1. The van der Waals surface area contributed by atoms with Gasteiger partial charge in [0.05, 0.1) is 6.26 Å². The topological polar surface area (TPSA) is 111 Å². The number of benzene rings is 1. The predicted molar refractivity (Wildman–Crippen MR) is 112 cm³/mol. The summed E-state index contributed by atoms with van der Waals surface area (Å²) < 4.78 is 20.3. The Kier molecular flexibility index (Phi) is 6.25. The molecular weight excluding hydrogens is 405 g/mol. The number of rotatable bonds is 3. The predicted octanol–water partition coefficient (Wildman–Crippen LogP) is 3.40. The molecule has 4 rings (SSSR count). The maximum absolute atomic E-state index is 14.7. The Labute approximate surface area is 179 Å². The first-order chi connectivity index (χ1) is 14.5. The van der Waals surface area contributed by atoms with E-state index in [0.717, 1.165) is 31.3 Å². The van der Waals surface area contributed by atoms with Gasteiger partial charge in [-0.3, -0.25) is 0 Å². The number of aliphatic hydroxyl groups is 1. The Morgan fingerprint density at radius 3 is 2.32 bits per heavy atom. The van der Waals surface area contributed by atoms with Crippen LogP contribution >= 0.6 is 0 Å². The van der Waals surface area contributed by atoms with Gasteiger partial charge in [-0.15, -0.1) is 0 Å². The number of hydrogen-bond acceptors (Lipinski definition) is 5. The van der Waals surface area contributed by atoms with Gasteiger partial charge in [0.2, 0.25) is 0 Å². The van der Waals surface area contributed by atoms with E-state index in [2.05, 4.69) is 25.8 Å². The van der Waals surface area contributed by atoms with Crippen molar-refractivity contribution < 1.29 is 33.7 Å². The molecule has 0 amide bonds. The summed E-state index contributed by atoms with van der Waals surface area (Å²) in [5.74, 6) is -2.60. The van der Waals surface area contributed by atoms with Gasteiger partial charge >= 0.3 is 11.9 Å².